The van der Waals surface area contributed by atoms with Gasteiger partial charge in [0, 0.05) is 26.7 Å². The van der Waals surface area contributed by atoms with Gasteiger partial charge < -0.3 is 20.7 Å². The van der Waals surface area contributed by atoms with Gasteiger partial charge in [-0.3, -0.25) is 9.79 Å². The highest BCUT2D eigenvalue weighted by Gasteiger charge is 2.06. The highest BCUT2D eigenvalue weighted by molar-refractivity contribution is 7.12. The van der Waals surface area contributed by atoms with Crippen molar-refractivity contribution in [2.75, 3.05) is 33.8 Å². The van der Waals surface area contributed by atoms with E-state index in [1.807, 2.05) is 29.6 Å². The molecule has 2 aromatic rings. The third kappa shape index (κ3) is 6.94. The number of amides is 1. The van der Waals surface area contributed by atoms with E-state index in [1.165, 1.54) is 22.5 Å². The second kappa shape index (κ2) is 11.2. The first kappa shape index (κ1) is 20.8. The minimum Gasteiger partial charge on any atom is -0.496 e. The third-order valence-corrected chi connectivity index (χ3v) is 4.89. The van der Waals surface area contributed by atoms with E-state index in [-0.39, 0.29) is 5.91 Å². The summed E-state index contributed by atoms with van der Waals surface area (Å²) in [5.41, 5.74) is 2.40. The fourth-order valence-corrected chi connectivity index (χ4v) is 3.27. The van der Waals surface area contributed by atoms with Crippen LogP contribution in [0.15, 0.2) is 40.7 Å². The van der Waals surface area contributed by atoms with E-state index in [0.29, 0.717) is 6.54 Å². The van der Waals surface area contributed by atoms with Crippen molar-refractivity contribution in [3.05, 3.63) is 51.7 Å². The molecule has 0 bridgehead atoms. The lowest BCUT2D eigenvalue weighted by atomic mass is 10.1. The Hall–Kier alpha value is -2.54. The maximum absolute atomic E-state index is 11.8. The number of ether oxygens (including phenoxy) is 1. The van der Waals surface area contributed by atoms with E-state index in [2.05, 4.69) is 33.9 Å². The van der Waals surface area contributed by atoms with E-state index >= 15 is 0 Å². The zero-order valence-electron chi connectivity index (χ0n) is 16.2. The van der Waals surface area contributed by atoms with Crippen molar-refractivity contribution in [2.24, 2.45) is 4.99 Å². The molecule has 0 aliphatic heterocycles. The van der Waals surface area contributed by atoms with Crippen LogP contribution in [0, 0.1) is 6.92 Å². The van der Waals surface area contributed by atoms with Crippen molar-refractivity contribution in [1.82, 2.24) is 16.0 Å². The summed E-state index contributed by atoms with van der Waals surface area (Å²) in [6.07, 6.45) is 1.67. The van der Waals surface area contributed by atoms with Crippen LogP contribution in [-0.4, -0.2) is 45.7 Å². The molecule has 1 aromatic heterocycles. The van der Waals surface area contributed by atoms with Crippen LogP contribution in [0.2, 0.25) is 0 Å². The Bertz CT molecular complexity index is 744. The standard InChI is InChI=1S/C20H28N4O2S/c1-15-7-8-17(26-3)16(14-15)9-12-24-20(21-2)23-11-5-10-22-19(25)18-6-4-13-27-18/h4,6-8,13-14H,5,9-12H2,1-3H3,(H,22,25)(H2,21,23,24). The molecule has 2 rings (SSSR count). The van der Waals surface area contributed by atoms with Crippen LogP contribution in [0.1, 0.15) is 27.2 Å². The molecule has 3 N–H and O–H groups in total. The van der Waals surface area contributed by atoms with E-state index < -0.39 is 0 Å². The zero-order valence-corrected chi connectivity index (χ0v) is 17.0. The molecule has 0 aliphatic carbocycles. The lowest BCUT2D eigenvalue weighted by Gasteiger charge is -2.13. The van der Waals surface area contributed by atoms with Gasteiger partial charge in [-0.2, -0.15) is 0 Å². The van der Waals surface area contributed by atoms with Gasteiger partial charge in [0.1, 0.15) is 5.75 Å². The monoisotopic (exact) mass is 388 g/mol. The molecule has 0 saturated carbocycles. The minimum atomic E-state index is -0.0143. The second-order valence-electron chi connectivity index (χ2n) is 6.08. The van der Waals surface area contributed by atoms with Crippen LogP contribution in [0.25, 0.3) is 0 Å². The largest absolute Gasteiger partial charge is 0.496 e. The quantitative estimate of drug-likeness (QED) is 0.351. The van der Waals surface area contributed by atoms with Crippen molar-refractivity contribution in [2.45, 2.75) is 19.8 Å². The van der Waals surface area contributed by atoms with E-state index in [4.69, 9.17) is 4.74 Å². The van der Waals surface area contributed by atoms with Gasteiger partial charge in [-0.25, -0.2) is 0 Å². The van der Waals surface area contributed by atoms with Gasteiger partial charge in [0.2, 0.25) is 0 Å². The summed E-state index contributed by atoms with van der Waals surface area (Å²) in [5.74, 6) is 1.65. The number of methoxy groups -OCH3 is 1. The van der Waals surface area contributed by atoms with Gasteiger partial charge in [0.15, 0.2) is 5.96 Å². The van der Waals surface area contributed by atoms with Crippen LogP contribution < -0.4 is 20.7 Å². The minimum absolute atomic E-state index is 0.0143. The highest BCUT2D eigenvalue weighted by Crippen LogP contribution is 2.19. The Morgan fingerprint density at radius 1 is 1.15 bits per heavy atom. The Balaban J connectivity index is 1.64. The SMILES string of the molecule is CN=C(NCCCNC(=O)c1cccs1)NCCc1cc(C)ccc1OC. The number of rotatable bonds is 9. The predicted molar refractivity (Wildman–Crippen MR) is 112 cm³/mol. The van der Waals surface area contributed by atoms with Crippen molar-refractivity contribution in [1.29, 1.82) is 0 Å². The highest BCUT2D eigenvalue weighted by atomic mass is 32.1. The molecule has 0 saturated heterocycles. The molecular weight excluding hydrogens is 360 g/mol. The summed E-state index contributed by atoms with van der Waals surface area (Å²) in [6.45, 7) is 4.20. The molecule has 1 aromatic carbocycles. The average Bonchev–Trinajstić information content (AvgIpc) is 3.21. The lowest BCUT2D eigenvalue weighted by molar-refractivity contribution is 0.0957. The zero-order chi connectivity index (χ0) is 19.5. The van der Waals surface area contributed by atoms with Crippen LogP contribution in [0.5, 0.6) is 5.75 Å². The fourth-order valence-electron chi connectivity index (χ4n) is 2.63. The summed E-state index contributed by atoms with van der Waals surface area (Å²) < 4.78 is 5.41. The number of carbonyl (C=O) groups excluding carboxylic acids is 1. The van der Waals surface area contributed by atoms with Gasteiger partial charge >= 0.3 is 0 Å². The van der Waals surface area contributed by atoms with Crippen molar-refractivity contribution >= 4 is 23.2 Å². The molecule has 7 heteroatoms. The molecule has 6 nitrogen and oxygen atoms in total. The number of guanidine groups is 1. The van der Waals surface area contributed by atoms with E-state index in [1.54, 1.807) is 14.2 Å². The normalized spacial score (nSPS) is 11.1. The summed E-state index contributed by atoms with van der Waals surface area (Å²) in [5, 5.41) is 11.4. The Kier molecular flexibility index (Phi) is 8.64. The number of nitrogens with zero attached hydrogens (tertiary/aromatic N) is 1. The third-order valence-electron chi connectivity index (χ3n) is 4.02. The smallest absolute Gasteiger partial charge is 0.261 e. The molecule has 0 atom stereocenters. The molecule has 0 aliphatic rings. The Morgan fingerprint density at radius 3 is 2.63 bits per heavy atom. The number of hydrogen-bond acceptors (Lipinski definition) is 4. The number of carbonyl (C=O) groups is 1. The molecule has 0 spiro atoms. The summed E-state index contributed by atoms with van der Waals surface area (Å²) in [7, 11) is 3.44. The molecule has 0 fully saturated rings. The number of nitrogens with one attached hydrogen (secondary N) is 3. The maximum Gasteiger partial charge on any atom is 0.261 e. The lowest BCUT2D eigenvalue weighted by Crippen LogP contribution is -2.39. The van der Waals surface area contributed by atoms with Crippen LogP contribution in [-0.2, 0) is 6.42 Å². The first-order valence-electron chi connectivity index (χ1n) is 9.03. The van der Waals surface area contributed by atoms with Crippen molar-refractivity contribution in [3.63, 3.8) is 0 Å². The van der Waals surface area contributed by atoms with Gasteiger partial charge in [-0.15, -0.1) is 11.3 Å². The number of aryl methyl sites for hydroxylation is 1. The summed E-state index contributed by atoms with van der Waals surface area (Å²) >= 11 is 1.45. The summed E-state index contributed by atoms with van der Waals surface area (Å²) in [4.78, 5) is 16.8. The molecule has 1 heterocycles. The second-order valence-corrected chi connectivity index (χ2v) is 7.03. The fraction of sp³-hybridized carbons (Fsp3) is 0.400. The molecule has 146 valence electrons. The van der Waals surface area contributed by atoms with E-state index in [9.17, 15) is 4.79 Å². The van der Waals surface area contributed by atoms with E-state index in [0.717, 1.165) is 42.5 Å². The Labute approximate surface area is 165 Å². The predicted octanol–water partition coefficient (Wildman–Crippen LogP) is 2.59. The number of hydrogen-bond donors (Lipinski definition) is 3. The van der Waals surface area contributed by atoms with Crippen LogP contribution in [0.3, 0.4) is 0 Å². The number of aliphatic imine (C=N–C) groups is 1. The summed E-state index contributed by atoms with van der Waals surface area (Å²) in [6, 6.07) is 9.90. The first-order valence-corrected chi connectivity index (χ1v) is 9.91. The van der Waals surface area contributed by atoms with Gasteiger partial charge in [-0.05, 0) is 42.8 Å². The average molecular weight is 389 g/mol. The molecular formula is C20H28N4O2S. The van der Waals surface area contributed by atoms with Gasteiger partial charge in [0.05, 0.1) is 12.0 Å². The maximum atomic E-state index is 11.8. The number of thiophene rings is 1. The molecule has 0 unspecified atom stereocenters. The first-order chi connectivity index (χ1) is 13.1. The topological polar surface area (TPSA) is 74.8 Å². The van der Waals surface area contributed by atoms with Crippen LogP contribution >= 0.6 is 11.3 Å². The van der Waals surface area contributed by atoms with Crippen LogP contribution in [0.4, 0.5) is 0 Å². The van der Waals surface area contributed by atoms with Gasteiger partial charge in [0.25, 0.3) is 5.91 Å². The van der Waals surface area contributed by atoms with Crippen molar-refractivity contribution in [3.8, 4) is 5.75 Å². The molecule has 1 amide bonds. The van der Waals surface area contributed by atoms with Gasteiger partial charge in [-0.1, -0.05) is 23.8 Å². The Morgan fingerprint density at radius 2 is 1.93 bits per heavy atom. The molecule has 27 heavy (non-hydrogen) atoms. The number of benzene rings is 1. The molecule has 0 radical (unpaired) electrons. The van der Waals surface area contributed by atoms with Crippen molar-refractivity contribution < 1.29 is 9.53 Å².